The molecule has 26 heavy (non-hydrogen) atoms. The molecule has 0 bridgehead atoms. The van der Waals surface area contributed by atoms with Gasteiger partial charge in [0, 0.05) is 5.56 Å². The lowest BCUT2D eigenvalue weighted by Crippen LogP contribution is -2.07. The van der Waals surface area contributed by atoms with Crippen LogP contribution in [0, 0.1) is 34.6 Å². The summed E-state index contributed by atoms with van der Waals surface area (Å²) in [5.74, 6) is 0.457. The van der Waals surface area contributed by atoms with E-state index in [2.05, 4.69) is 55.2 Å². The van der Waals surface area contributed by atoms with E-state index < -0.39 is 0 Å². The number of carbonyl (C=O) groups excluding carboxylic acids is 1. The zero-order valence-corrected chi connectivity index (χ0v) is 16.6. The van der Waals surface area contributed by atoms with Crippen molar-refractivity contribution >= 4 is 17.5 Å². The Labute approximate surface area is 158 Å². The molecule has 134 valence electrons. The molecular weight excluding hydrogens is 342 g/mol. The Kier molecular flexibility index (Phi) is 5.28. The molecule has 3 rings (SSSR count). The normalized spacial score (nSPS) is 11.0. The van der Waals surface area contributed by atoms with E-state index in [1.54, 1.807) is 6.33 Å². The first-order valence-electron chi connectivity index (χ1n) is 8.58. The van der Waals surface area contributed by atoms with E-state index in [9.17, 15) is 4.79 Å². The Morgan fingerprint density at radius 2 is 1.69 bits per heavy atom. The van der Waals surface area contributed by atoms with E-state index in [0.717, 1.165) is 33.1 Å². The van der Waals surface area contributed by atoms with Gasteiger partial charge in [-0.1, -0.05) is 35.5 Å². The first-order valence-corrected chi connectivity index (χ1v) is 9.57. The van der Waals surface area contributed by atoms with E-state index in [0.29, 0.717) is 5.75 Å². The molecule has 1 aromatic heterocycles. The highest BCUT2D eigenvalue weighted by molar-refractivity contribution is 7.99. The van der Waals surface area contributed by atoms with Crippen LogP contribution in [0.3, 0.4) is 0 Å². The lowest BCUT2D eigenvalue weighted by molar-refractivity contribution is 0.102. The Balaban J connectivity index is 1.80. The minimum Gasteiger partial charge on any atom is -0.293 e. The molecule has 0 saturated carbocycles. The number of hydrogen-bond donors (Lipinski definition) is 0. The van der Waals surface area contributed by atoms with Gasteiger partial charge in [0.1, 0.15) is 6.33 Å². The number of thioether (sulfide) groups is 1. The lowest BCUT2D eigenvalue weighted by atomic mass is 9.99. The maximum Gasteiger partial charge on any atom is 0.196 e. The second-order valence-corrected chi connectivity index (χ2v) is 7.68. The largest absolute Gasteiger partial charge is 0.293 e. The molecular formula is C21H23N3OS. The predicted octanol–water partition coefficient (Wildman–Crippen LogP) is 4.78. The van der Waals surface area contributed by atoms with Crippen LogP contribution in [0.1, 0.15) is 38.2 Å². The van der Waals surface area contributed by atoms with Gasteiger partial charge in [0.05, 0.1) is 11.4 Å². The second-order valence-electron chi connectivity index (χ2n) is 6.74. The van der Waals surface area contributed by atoms with E-state index in [4.69, 9.17) is 0 Å². The SMILES string of the molecule is Cc1ccc(-n2cnnc2SCC(=O)c2cc(C)c(C)cc2C)c(C)c1. The molecule has 1 heterocycles. The Morgan fingerprint density at radius 1 is 0.962 bits per heavy atom. The first kappa shape index (κ1) is 18.4. The summed E-state index contributed by atoms with van der Waals surface area (Å²) in [4.78, 5) is 12.7. The average Bonchev–Trinajstić information content (AvgIpc) is 3.04. The molecule has 0 radical (unpaired) electrons. The van der Waals surface area contributed by atoms with Gasteiger partial charge >= 0.3 is 0 Å². The summed E-state index contributed by atoms with van der Waals surface area (Å²) in [6.45, 7) is 10.2. The zero-order chi connectivity index (χ0) is 18.8. The lowest BCUT2D eigenvalue weighted by Gasteiger charge is -2.11. The molecule has 0 amide bonds. The summed E-state index contributed by atoms with van der Waals surface area (Å²) in [6.07, 6.45) is 1.70. The number of rotatable bonds is 5. The Bertz CT molecular complexity index is 975. The van der Waals surface area contributed by atoms with Gasteiger partial charge in [0.25, 0.3) is 0 Å². The monoisotopic (exact) mass is 365 g/mol. The molecule has 0 unspecified atom stereocenters. The second kappa shape index (κ2) is 7.46. The van der Waals surface area contributed by atoms with Crippen LogP contribution in [-0.2, 0) is 0 Å². The summed E-state index contributed by atoms with van der Waals surface area (Å²) in [6, 6.07) is 10.3. The van der Waals surface area contributed by atoms with Gasteiger partial charge in [0.15, 0.2) is 10.9 Å². The molecule has 0 aliphatic heterocycles. The van der Waals surface area contributed by atoms with Gasteiger partial charge in [-0.25, -0.2) is 0 Å². The summed E-state index contributed by atoms with van der Waals surface area (Å²) in [5, 5.41) is 8.96. The maximum atomic E-state index is 12.7. The van der Waals surface area contributed by atoms with Gasteiger partial charge in [-0.3, -0.25) is 9.36 Å². The van der Waals surface area contributed by atoms with Crippen LogP contribution in [-0.4, -0.2) is 26.3 Å². The molecule has 0 N–H and O–H groups in total. The molecule has 0 aliphatic carbocycles. The standard InChI is InChI=1S/C21H23N3OS/c1-13-6-7-19(17(5)8-13)24-12-22-23-21(24)26-11-20(25)18-10-15(3)14(2)9-16(18)4/h6-10,12H,11H2,1-5H3. The first-order chi connectivity index (χ1) is 12.4. The van der Waals surface area contributed by atoms with Gasteiger partial charge in [-0.15, -0.1) is 10.2 Å². The third-order valence-electron chi connectivity index (χ3n) is 4.60. The maximum absolute atomic E-state index is 12.7. The van der Waals surface area contributed by atoms with Gasteiger partial charge in [-0.05, 0) is 69.0 Å². The van der Waals surface area contributed by atoms with Crippen molar-refractivity contribution in [1.82, 2.24) is 14.8 Å². The Hall–Kier alpha value is -2.40. The van der Waals surface area contributed by atoms with Crippen molar-refractivity contribution < 1.29 is 4.79 Å². The molecule has 0 spiro atoms. The highest BCUT2D eigenvalue weighted by atomic mass is 32.2. The van der Waals surface area contributed by atoms with Crippen LogP contribution >= 0.6 is 11.8 Å². The van der Waals surface area contributed by atoms with E-state index >= 15 is 0 Å². The molecule has 0 atom stereocenters. The molecule has 0 aliphatic rings. The fraction of sp³-hybridized carbons (Fsp3) is 0.286. The average molecular weight is 366 g/mol. The van der Waals surface area contributed by atoms with Crippen LogP contribution < -0.4 is 0 Å². The molecule has 0 fully saturated rings. The highest BCUT2D eigenvalue weighted by Crippen LogP contribution is 2.24. The number of nitrogens with zero attached hydrogens (tertiary/aromatic N) is 3. The summed E-state index contributed by atoms with van der Waals surface area (Å²) < 4.78 is 1.94. The minimum absolute atomic E-state index is 0.116. The zero-order valence-electron chi connectivity index (χ0n) is 15.8. The van der Waals surface area contributed by atoms with E-state index in [1.807, 2.05) is 24.5 Å². The fourth-order valence-corrected chi connectivity index (χ4v) is 3.84. The number of benzene rings is 2. The smallest absolute Gasteiger partial charge is 0.196 e. The number of ketones is 1. The van der Waals surface area contributed by atoms with Crippen molar-refractivity contribution in [3.63, 3.8) is 0 Å². The van der Waals surface area contributed by atoms with Crippen LogP contribution in [0.4, 0.5) is 0 Å². The quantitative estimate of drug-likeness (QED) is 0.482. The number of Topliss-reactive ketones (excluding diaryl/α,β-unsaturated/α-hetero) is 1. The molecule has 4 nitrogen and oxygen atoms in total. The minimum atomic E-state index is 0.116. The number of hydrogen-bond acceptors (Lipinski definition) is 4. The van der Waals surface area contributed by atoms with E-state index in [1.165, 1.54) is 22.9 Å². The van der Waals surface area contributed by atoms with Gasteiger partial charge in [-0.2, -0.15) is 0 Å². The van der Waals surface area contributed by atoms with Crippen molar-refractivity contribution in [2.45, 2.75) is 39.8 Å². The fourth-order valence-electron chi connectivity index (χ4n) is 3.03. The van der Waals surface area contributed by atoms with Crippen LogP contribution in [0.25, 0.3) is 5.69 Å². The van der Waals surface area contributed by atoms with Crippen LogP contribution in [0.2, 0.25) is 0 Å². The summed E-state index contributed by atoms with van der Waals surface area (Å²) in [5.41, 5.74) is 7.58. The van der Waals surface area contributed by atoms with Crippen molar-refractivity contribution in [3.8, 4) is 5.69 Å². The summed E-state index contributed by atoms with van der Waals surface area (Å²) in [7, 11) is 0. The highest BCUT2D eigenvalue weighted by Gasteiger charge is 2.15. The van der Waals surface area contributed by atoms with Crippen molar-refractivity contribution in [2.75, 3.05) is 5.75 Å². The topological polar surface area (TPSA) is 47.8 Å². The van der Waals surface area contributed by atoms with Crippen molar-refractivity contribution in [2.24, 2.45) is 0 Å². The third kappa shape index (κ3) is 3.73. The van der Waals surface area contributed by atoms with E-state index in [-0.39, 0.29) is 5.78 Å². The van der Waals surface area contributed by atoms with Crippen molar-refractivity contribution in [3.05, 3.63) is 70.0 Å². The van der Waals surface area contributed by atoms with Crippen LogP contribution in [0.15, 0.2) is 41.8 Å². The number of aryl methyl sites for hydroxylation is 5. The molecule has 2 aromatic carbocycles. The molecule has 5 heteroatoms. The van der Waals surface area contributed by atoms with Gasteiger partial charge in [0.2, 0.25) is 0 Å². The van der Waals surface area contributed by atoms with Crippen molar-refractivity contribution in [1.29, 1.82) is 0 Å². The number of aromatic nitrogens is 3. The molecule has 3 aromatic rings. The predicted molar refractivity (Wildman–Crippen MR) is 107 cm³/mol. The Morgan fingerprint density at radius 3 is 2.42 bits per heavy atom. The van der Waals surface area contributed by atoms with Crippen LogP contribution in [0.5, 0.6) is 0 Å². The third-order valence-corrected chi connectivity index (χ3v) is 5.54. The number of carbonyl (C=O) groups is 1. The van der Waals surface area contributed by atoms with Gasteiger partial charge < -0.3 is 0 Å². The molecule has 0 saturated heterocycles. The summed E-state index contributed by atoms with van der Waals surface area (Å²) >= 11 is 1.42.